The van der Waals surface area contributed by atoms with Crippen molar-refractivity contribution in [3.63, 3.8) is 0 Å². The Balaban J connectivity index is 2.02. The van der Waals surface area contributed by atoms with Gasteiger partial charge in [-0.3, -0.25) is 0 Å². The Morgan fingerprint density at radius 1 is 0.459 bits per heavy atom. The van der Waals surface area contributed by atoms with Crippen LogP contribution in [0.4, 0.5) is 58.4 Å². The topological polar surface area (TPSA) is 26.0 Å². The molecule has 0 amide bonds. The average molecular weight is 545 g/mol. The maximum absolute atomic E-state index is 13.1. The molecule has 0 atom stereocenters. The minimum Gasteiger partial charge on any atom is -0.398 e. The fraction of sp³-hybridized carbons (Fsp3) is 0.250. The van der Waals surface area contributed by atoms with Gasteiger partial charge in [-0.2, -0.15) is 52.7 Å². The molecule has 0 heterocycles. The number of alkyl halides is 12. The van der Waals surface area contributed by atoms with Gasteiger partial charge in [0.2, 0.25) is 0 Å². The van der Waals surface area contributed by atoms with E-state index >= 15 is 0 Å². The van der Waals surface area contributed by atoms with Gasteiger partial charge in [0.25, 0.3) is 0 Å². The summed E-state index contributed by atoms with van der Waals surface area (Å²) in [5, 5.41) is 0. The molecule has 1 nitrogen and oxygen atoms in total. The molecule has 0 aliphatic carbocycles. The van der Waals surface area contributed by atoms with Gasteiger partial charge in [0.15, 0.2) is 0 Å². The zero-order chi connectivity index (χ0) is 28.0. The minimum atomic E-state index is -5.08. The number of rotatable bonds is 4. The number of anilines is 1. The van der Waals surface area contributed by atoms with E-state index in [2.05, 4.69) is 0 Å². The molecule has 0 radical (unpaired) electrons. The molecule has 37 heavy (non-hydrogen) atoms. The molecule has 3 aromatic carbocycles. The monoisotopic (exact) mass is 545 g/mol. The van der Waals surface area contributed by atoms with E-state index in [1.165, 1.54) is 18.2 Å². The Morgan fingerprint density at radius 2 is 0.730 bits per heavy atom. The first-order chi connectivity index (χ1) is 16.7. The Kier molecular flexibility index (Phi) is 7.23. The summed E-state index contributed by atoms with van der Waals surface area (Å²) in [5.41, 5.74) is -1.12. The molecule has 0 spiro atoms. The quantitative estimate of drug-likeness (QED) is 0.258. The van der Waals surface area contributed by atoms with Crippen LogP contribution in [0, 0.1) is 0 Å². The van der Waals surface area contributed by atoms with Crippen molar-refractivity contribution in [1.82, 2.24) is 0 Å². The van der Waals surface area contributed by atoms with Crippen molar-refractivity contribution in [3.8, 4) is 0 Å². The first-order valence-electron chi connectivity index (χ1n) is 10.2. The van der Waals surface area contributed by atoms with Crippen LogP contribution in [-0.2, 0) is 37.5 Å². The van der Waals surface area contributed by atoms with Crippen molar-refractivity contribution in [2.45, 2.75) is 37.5 Å². The molecule has 0 aliphatic heterocycles. The standard InChI is InChI=1S/C24H15F12N/c25-21(26,27)16-6-12(7-17(10-16)22(28,29)30)4-14-2-1-3-15(20(14)37)5-13-8-18(23(31,32)33)11-19(9-13)24(34,35)36/h1-3,6-11H,4-5,37H2. The molecule has 0 saturated heterocycles. The lowest BCUT2D eigenvalue weighted by atomic mass is 9.94. The van der Waals surface area contributed by atoms with Gasteiger partial charge < -0.3 is 5.73 Å². The molecule has 0 aromatic heterocycles. The van der Waals surface area contributed by atoms with Crippen LogP contribution in [0.5, 0.6) is 0 Å². The summed E-state index contributed by atoms with van der Waals surface area (Å²) < 4.78 is 158. The van der Waals surface area contributed by atoms with Gasteiger partial charge in [0.05, 0.1) is 22.3 Å². The number of benzene rings is 3. The molecule has 0 aliphatic rings. The lowest BCUT2D eigenvalue weighted by molar-refractivity contribution is -0.144. The van der Waals surface area contributed by atoms with Crippen LogP contribution in [0.25, 0.3) is 0 Å². The van der Waals surface area contributed by atoms with E-state index in [0.29, 0.717) is 24.3 Å². The first kappa shape index (κ1) is 28.2. The van der Waals surface area contributed by atoms with Gasteiger partial charge in [-0.25, -0.2) is 0 Å². The molecule has 2 N–H and O–H groups in total. The minimum absolute atomic E-state index is 0.0352. The third kappa shape index (κ3) is 6.89. The fourth-order valence-corrected chi connectivity index (χ4v) is 3.66. The highest BCUT2D eigenvalue weighted by Crippen LogP contribution is 2.39. The van der Waals surface area contributed by atoms with Gasteiger partial charge in [0, 0.05) is 5.69 Å². The molecule has 0 bridgehead atoms. The number of halogens is 12. The van der Waals surface area contributed by atoms with Crippen LogP contribution in [0.3, 0.4) is 0 Å². The molecule has 0 unspecified atom stereocenters. The van der Waals surface area contributed by atoms with E-state index in [-0.39, 0.29) is 28.9 Å². The molecule has 0 saturated carbocycles. The van der Waals surface area contributed by atoms with Gasteiger partial charge >= 0.3 is 24.7 Å². The normalized spacial score (nSPS) is 13.2. The SMILES string of the molecule is Nc1c(Cc2cc(C(F)(F)F)cc(C(F)(F)F)c2)cccc1Cc1cc(C(F)(F)F)cc(C(F)(F)F)c1. The second kappa shape index (κ2) is 9.49. The summed E-state index contributed by atoms with van der Waals surface area (Å²) in [6.45, 7) is 0. The van der Waals surface area contributed by atoms with Crippen molar-refractivity contribution in [2.75, 3.05) is 5.73 Å². The summed E-state index contributed by atoms with van der Waals surface area (Å²) in [4.78, 5) is 0. The summed E-state index contributed by atoms with van der Waals surface area (Å²) in [7, 11) is 0. The van der Waals surface area contributed by atoms with Crippen molar-refractivity contribution >= 4 is 5.69 Å². The van der Waals surface area contributed by atoms with Crippen molar-refractivity contribution < 1.29 is 52.7 Å². The van der Waals surface area contributed by atoms with Crippen LogP contribution in [0.2, 0.25) is 0 Å². The van der Waals surface area contributed by atoms with E-state index in [1.807, 2.05) is 0 Å². The third-order valence-corrected chi connectivity index (χ3v) is 5.37. The maximum Gasteiger partial charge on any atom is 0.416 e. The fourth-order valence-electron chi connectivity index (χ4n) is 3.66. The van der Waals surface area contributed by atoms with Crippen LogP contribution in [0.15, 0.2) is 54.6 Å². The van der Waals surface area contributed by atoms with Crippen molar-refractivity contribution in [2.24, 2.45) is 0 Å². The third-order valence-electron chi connectivity index (χ3n) is 5.37. The molecule has 0 fully saturated rings. The van der Waals surface area contributed by atoms with E-state index in [0.717, 1.165) is 0 Å². The number of nitrogen functional groups attached to an aromatic ring is 1. The number of nitrogens with two attached hydrogens (primary N) is 1. The van der Waals surface area contributed by atoms with E-state index < -0.39 is 70.9 Å². The van der Waals surface area contributed by atoms with Crippen molar-refractivity contribution in [1.29, 1.82) is 0 Å². The second-order valence-corrected chi connectivity index (χ2v) is 8.17. The lowest BCUT2D eigenvalue weighted by Crippen LogP contribution is -2.12. The van der Waals surface area contributed by atoms with E-state index in [1.54, 1.807) is 0 Å². The molecule has 200 valence electrons. The zero-order valence-electron chi connectivity index (χ0n) is 18.2. The first-order valence-corrected chi connectivity index (χ1v) is 10.2. The summed E-state index contributed by atoms with van der Waals surface area (Å²) >= 11 is 0. The molecular weight excluding hydrogens is 530 g/mol. The van der Waals surface area contributed by atoms with Gasteiger partial charge in [0.1, 0.15) is 0 Å². The molecular formula is C24H15F12N. The Hall–Kier alpha value is -3.38. The van der Waals surface area contributed by atoms with Crippen molar-refractivity contribution in [3.05, 3.63) is 99.1 Å². The largest absolute Gasteiger partial charge is 0.416 e. The Morgan fingerprint density at radius 3 is 0.973 bits per heavy atom. The van der Waals surface area contributed by atoms with Crippen LogP contribution in [0.1, 0.15) is 44.5 Å². The summed E-state index contributed by atoms with van der Waals surface area (Å²) in [5.74, 6) is 0. The predicted molar refractivity (Wildman–Crippen MR) is 109 cm³/mol. The number of para-hydroxylation sites is 1. The van der Waals surface area contributed by atoms with Crippen LogP contribution in [-0.4, -0.2) is 0 Å². The Labute approximate surface area is 201 Å². The summed E-state index contributed by atoms with van der Waals surface area (Å²) in [6.07, 6.45) is -21.3. The van der Waals surface area contributed by atoms with E-state index in [4.69, 9.17) is 5.73 Å². The Bertz CT molecular complexity index is 1120. The van der Waals surface area contributed by atoms with Crippen LogP contribution >= 0.6 is 0 Å². The highest BCUT2D eigenvalue weighted by Gasteiger charge is 2.38. The zero-order valence-corrected chi connectivity index (χ0v) is 18.2. The predicted octanol–water partition coefficient (Wildman–Crippen LogP) is 8.53. The smallest absolute Gasteiger partial charge is 0.398 e. The second-order valence-electron chi connectivity index (χ2n) is 8.17. The van der Waals surface area contributed by atoms with Gasteiger partial charge in [-0.1, -0.05) is 18.2 Å². The van der Waals surface area contributed by atoms with Crippen LogP contribution < -0.4 is 5.73 Å². The molecule has 13 heteroatoms. The molecule has 3 aromatic rings. The highest BCUT2D eigenvalue weighted by atomic mass is 19.4. The summed E-state index contributed by atoms with van der Waals surface area (Å²) in [6, 6.07) is 5.77. The number of hydrogen-bond acceptors (Lipinski definition) is 1. The molecule has 3 rings (SSSR count). The lowest BCUT2D eigenvalue weighted by Gasteiger charge is -2.17. The van der Waals surface area contributed by atoms with Gasteiger partial charge in [-0.15, -0.1) is 0 Å². The maximum atomic E-state index is 13.1. The highest BCUT2D eigenvalue weighted by molar-refractivity contribution is 5.57. The van der Waals surface area contributed by atoms with Gasteiger partial charge in [-0.05, 0) is 71.5 Å². The van der Waals surface area contributed by atoms with E-state index in [9.17, 15) is 52.7 Å². The number of hydrogen-bond donors (Lipinski definition) is 1. The average Bonchev–Trinajstić information content (AvgIpc) is 2.74.